The molecule has 1 aromatic carbocycles. The molecule has 0 fully saturated rings. The van der Waals surface area contributed by atoms with E-state index in [1.807, 2.05) is 24.3 Å². The van der Waals surface area contributed by atoms with Gasteiger partial charge in [0.1, 0.15) is 4.88 Å². The van der Waals surface area contributed by atoms with E-state index in [9.17, 15) is 4.79 Å². The summed E-state index contributed by atoms with van der Waals surface area (Å²) in [6, 6.07) is 7.73. The van der Waals surface area contributed by atoms with Crippen molar-refractivity contribution in [3.05, 3.63) is 40.4 Å². The molecule has 6 heteroatoms. The molecule has 0 aliphatic carbocycles. The Hall–Kier alpha value is -1.27. The minimum atomic E-state index is -0.134. The molecule has 0 bridgehead atoms. The lowest BCUT2D eigenvalue weighted by Gasteiger charge is -2.05. The summed E-state index contributed by atoms with van der Waals surface area (Å²) in [5.41, 5.74) is 2.73. The number of halogens is 1. The van der Waals surface area contributed by atoms with Crippen LogP contribution in [-0.4, -0.2) is 15.5 Å². The second-order valence-corrected chi connectivity index (χ2v) is 5.40. The molecule has 0 aliphatic rings. The van der Waals surface area contributed by atoms with Crippen LogP contribution in [0.15, 0.2) is 24.3 Å². The number of benzene rings is 1. The topological polar surface area (TPSA) is 54.9 Å². The Morgan fingerprint density at radius 2 is 2.11 bits per heavy atom. The number of rotatable bonds is 5. The molecule has 2 rings (SSSR count). The number of nitrogens with zero attached hydrogens (tertiary/aromatic N) is 2. The Labute approximate surface area is 124 Å². The minimum Gasteiger partial charge on any atom is -0.321 e. The highest BCUT2D eigenvalue weighted by molar-refractivity contribution is 9.08. The van der Waals surface area contributed by atoms with Gasteiger partial charge in [-0.25, -0.2) is 0 Å². The number of amides is 1. The first-order valence-electron chi connectivity index (χ1n) is 6.02. The number of hydrogen-bond acceptors (Lipinski definition) is 4. The highest BCUT2D eigenvalue weighted by atomic mass is 79.9. The van der Waals surface area contributed by atoms with E-state index in [4.69, 9.17) is 0 Å². The fourth-order valence-electron chi connectivity index (χ4n) is 1.65. The number of carbonyl (C=O) groups is 1. The van der Waals surface area contributed by atoms with E-state index in [0.717, 1.165) is 41.1 Å². The largest absolute Gasteiger partial charge is 0.321 e. The van der Waals surface area contributed by atoms with Crippen LogP contribution in [0.2, 0.25) is 0 Å². The molecule has 1 N–H and O–H groups in total. The molecule has 0 atom stereocenters. The van der Waals surface area contributed by atoms with Gasteiger partial charge < -0.3 is 5.32 Å². The maximum atomic E-state index is 12.1. The average molecular weight is 340 g/mol. The smallest absolute Gasteiger partial charge is 0.269 e. The van der Waals surface area contributed by atoms with Crippen molar-refractivity contribution in [1.29, 1.82) is 0 Å². The minimum absolute atomic E-state index is 0.134. The summed E-state index contributed by atoms with van der Waals surface area (Å²) in [4.78, 5) is 12.7. The van der Waals surface area contributed by atoms with Gasteiger partial charge in [-0.3, -0.25) is 4.79 Å². The third-order valence-corrected chi connectivity index (χ3v) is 4.03. The fourth-order valence-corrected chi connectivity index (χ4v) is 2.62. The van der Waals surface area contributed by atoms with Crippen LogP contribution in [0.25, 0.3) is 0 Å². The van der Waals surface area contributed by atoms with E-state index in [1.54, 1.807) is 0 Å². The van der Waals surface area contributed by atoms with Gasteiger partial charge in [-0.15, -0.1) is 5.10 Å². The normalized spacial score (nSPS) is 10.4. The summed E-state index contributed by atoms with van der Waals surface area (Å²) in [6.07, 6.45) is 1.73. The molecule has 0 radical (unpaired) electrons. The molecule has 0 spiro atoms. The number of carbonyl (C=O) groups excluding carboxylic acids is 1. The van der Waals surface area contributed by atoms with Gasteiger partial charge in [0.15, 0.2) is 0 Å². The Balaban J connectivity index is 2.09. The fraction of sp³-hybridized carbons (Fsp3) is 0.308. The predicted molar refractivity (Wildman–Crippen MR) is 80.9 cm³/mol. The van der Waals surface area contributed by atoms with Crippen LogP contribution in [-0.2, 0) is 11.8 Å². The average Bonchev–Trinajstić information content (AvgIpc) is 2.88. The molecule has 0 saturated carbocycles. The molecule has 100 valence electrons. The zero-order valence-electron chi connectivity index (χ0n) is 10.5. The number of aryl methyl sites for hydroxylation is 1. The molecule has 0 unspecified atom stereocenters. The maximum Gasteiger partial charge on any atom is 0.269 e. The Morgan fingerprint density at radius 3 is 2.74 bits per heavy atom. The lowest BCUT2D eigenvalue weighted by molar-refractivity contribution is 0.102. The molecule has 0 saturated heterocycles. The summed E-state index contributed by atoms with van der Waals surface area (Å²) in [7, 11) is 0. The summed E-state index contributed by atoms with van der Waals surface area (Å²) in [6.45, 7) is 2.06. The zero-order valence-corrected chi connectivity index (χ0v) is 12.9. The van der Waals surface area contributed by atoms with Crippen LogP contribution >= 0.6 is 27.5 Å². The third kappa shape index (κ3) is 3.61. The van der Waals surface area contributed by atoms with Gasteiger partial charge >= 0.3 is 0 Å². The summed E-state index contributed by atoms with van der Waals surface area (Å²) in [5.74, 6) is -0.134. The highest BCUT2D eigenvalue weighted by Crippen LogP contribution is 2.17. The molecule has 1 heterocycles. The van der Waals surface area contributed by atoms with Gasteiger partial charge in [0.25, 0.3) is 5.91 Å². The van der Waals surface area contributed by atoms with Crippen molar-refractivity contribution >= 4 is 39.1 Å². The van der Waals surface area contributed by atoms with Crippen LogP contribution < -0.4 is 5.32 Å². The van der Waals surface area contributed by atoms with E-state index in [2.05, 4.69) is 37.8 Å². The van der Waals surface area contributed by atoms with Crippen molar-refractivity contribution in [1.82, 2.24) is 9.59 Å². The Kier molecular flexibility index (Phi) is 5.04. The van der Waals surface area contributed by atoms with Crippen LogP contribution in [0.1, 0.15) is 34.3 Å². The lowest BCUT2D eigenvalue weighted by Crippen LogP contribution is -2.12. The summed E-state index contributed by atoms with van der Waals surface area (Å²) in [5, 5.41) is 7.67. The molecule has 2 aromatic rings. The molecular weight excluding hydrogens is 326 g/mol. The first-order valence-corrected chi connectivity index (χ1v) is 7.91. The van der Waals surface area contributed by atoms with Gasteiger partial charge in [0, 0.05) is 11.0 Å². The predicted octanol–water partition coefficient (Wildman–Crippen LogP) is 3.64. The number of hydrogen-bond donors (Lipinski definition) is 1. The lowest BCUT2D eigenvalue weighted by atomic mass is 10.2. The first kappa shape index (κ1) is 14.1. The molecular formula is C13H14BrN3OS. The van der Waals surface area contributed by atoms with Crippen LogP contribution in [0.5, 0.6) is 0 Å². The molecule has 0 aliphatic heterocycles. The van der Waals surface area contributed by atoms with E-state index in [0.29, 0.717) is 4.88 Å². The Bertz CT molecular complexity index is 553. The second kappa shape index (κ2) is 6.77. The number of alkyl halides is 1. The van der Waals surface area contributed by atoms with E-state index >= 15 is 0 Å². The van der Waals surface area contributed by atoms with Gasteiger partial charge in [0.2, 0.25) is 0 Å². The highest BCUT2D eigenvalue weighted by Gasteiger charge is 2.15. The quantitative estimate of drug-likeness (QED) is 0.846. The van der Waals surface area contributed by atoms with Crippen LogP contribution in [0.3, 0.4) is 0 Å². The van der Waals surface area contributed by atoms with E-state index in [-0.39, 0.29) is 5.91 Å². The van der Waals surface area contributed by atoms with Crippen molar-refractivity contribution in [2.24, 2.45) is 0 Å². The van der Waals surface area contributed by atoms with Gasteiger partial charge in [-0.1, -0.05) is 45.9 Å². The van der Waals surface area contributed by atoms with Crippen molar-refractivity contribution in [2.75, 3.05) is 5.32 Å². The zero-order chi connectivity index (χ0) is 13.7. The summed E-state index contributed by atoms with van der Waals surface area (Å²) >= 11 is 4.53. The SMILES string of the molecule is CCCc1nnsc1C(=O)Nc1ccc(CBr)cc1. The molecule has 19 heavy (non-hydrogen) atoms. The van der Waals surface area contributed by atoms with Gasteiger partial charge in [0.05, 0.1) is 5.69 Å². The molecule has 4 nitrogen and oxygen atoms in total. The first-order chi connectivity index (χ1) is 9.24. The number of anilines is 1. The van der Waals surface area contributed by atoms with E-state index < -0.39 is 0 Å². The second-order valence-electron chi connectivity index (χ2n) is 4.08. The number of nitrogens with one attached hydrogen (secondary N) is 1. The van der Waals surface area contributed by atoms with Gasteiger partial charge in [-0.05, 0) is 35.6 Å². The molecule has 1 amide bonds. The maximum absolute atomic E-state index is 12.1. The van der Waals surface area contributed by atoms with Crippen molar-refractivity contribution in [2.45, 2.75) is 25.1 Å². The van der Waals surface area contributed by atoms with Crippen molar-refractivity contribution in [3.63, 3.8) is 0 Å². The molecule has 1 aromatic heterocycles. The van der Waals surface area contributed by atoms with Gasteiger partial charge in [-0.2, -0.15) is 0 Å². The standard InChI is InChI=1S/C13H14BrN3OS/c1-2-3-11-12(19-17-16-11)13(18)15-10-6-4-9(8-14)5-7-10/h4-7H,2-3,8H2,1H3,(H,15,18). The number of aromatic nitrogens is 2. The van der Waals surface area contributed by atoms with Crippen molar-refractivity contribution in [3.8, 4) is 0 Å². The summed E-state index contributed by atoms with van der Waals surface area (Å²) < 4.78 is 3.86. The van der Waals surface area contributed by atoms with Crippen LogP contribution in [0, 0.1) is 0 Å². The monoisotopic (exact) mass is 339 g/mol. The third-order valence-electron chi connectivity index (χ3n) is 2.61. The van der Waals surface area contributed by atoms with Crippen molar-refractivity contribution < 1.29 is 4.79 Å². The Morgan fingerprint density at radius 1 is 1.37 bits per heavy atom. The van der Waals surface area contributed by atoms with E-state index in [1.165, 1.54) is 5.56 Å². The van der Waals surface area contributed by atoms with Crippen LogP contribution in [0.4, 0.5) is 5.69 Å².